The summed E-state index contributed by atoms with van der Waals surface area (Å²) in [7, 11) is 0. The minimum absolute atomic E-state index is 0.0428. The van der Waals surface area contributed by atoms with E-state index in [4.69, 9.17) is 0 Å². The molecule has 16 heavy (non-hydrogen) atoms. The number of amides is 1. The average molecular weight is 303 g/mol. The number of hydrogen-bond acceptors (Lipinski definition) is 3. The molecule has 5 heteroatoms. The van der Waals surface area contributed by atoms with Crippen LogP contribution < -0.4 is 10.6 Å². The largest absolute Gasteiger partial charge is 0.351 e. The van der Waals surface area contributed by atoms with Crippen LogP contribution in [0.3, 0.4) is 0 Å². The van der Waals surface area contributed by atoms with E-state index in [1.54, 1.807) is 0 Å². The Morgan fingerprint density at radius 1 is 1.62 bits per heavy atom. The third-order valence-corrected chi connectivity index (χ3v) is 4.37. The Hall–Kier alpha value is -0.390. The molecule has 1 fully saturated rings. The Morgan fingerprint density at radius 3 is 3.12 bits per heavy atom. The Bertz CT molecular complexity index is 361. The van der Waals surface area contributed by atoms with Gasteiger partial charge >= 0.3 is 0 Å². The van der Waals surface area contributed by atoms with E-state index < -0.39 is 0 Å². The fraction of sp³-hybridized carbons (Fsp3) is 0.545. The van der Waals surface area contributed by atoms with Gasteiger partial charge < -0.3 is 10.6 Å². The summed E-state index contributed by atoms with van der Waals surface area (Å²) in [4.78, 5) is 12.5. The molecule has 2 N–H and O–H groups in total. The van der Waals surface area contributed by atoms with Crippen LogP contribution in [0.15, 0.2) is 15.9 Å². The van der Waals surface area contributed by atoms with Crippen molar-refractivity contribution in [3.8, 4) is 0 Å². The van der Waals surface area contributed by atoms with Crippen molar-refractivity contribution >= 4 is 33.2 Å². The van der Waals surface area contributed by atoms with E-state index in [2.05, 4.69) is 26.6 Å². The van der Waals surface area contributed by atoms with E-state index in [0.29, 0.717) is 5.92 Å². The number of hydrogen-bond donors (Lipinski definition) is 2. The molecule has 1 aromatic rings. The molecule has 2 rings (SSSR count). The summed E-state index contributed by atoms with van der Waals surface area (Å²) >= 11 is 4.83. The summed E-state index contributed by atoms with van der Waals surface area (Å²) in [6.07, 6.45) is 2.42. The van der Waals surface area contributed by atoms with Gasteiger partial charge in [-0.25, -0.2) is 0 Å². The Balaban J connectivity index is 1.79. The van der Waals surface area contributed by atoms with Crippen LogP contribution in [-0.4, -0.2) is 25.5 Å². The van der Waals surface area contributed by atoms with Crippen LogP contribution in [0.4, 0.5) is 0 Å². The van der Waals surface area contributed by atoms with Crippen molar-refractivity contribution in [1.82, 2.24) is 10.6 Å². The van der Waals surface area contributed by atoms with Gasteiger partial charge in [-0.15, -0.1) is 11.3 Å². The molecule has 2 heterocycles. The zero-order valence-corrected chi connectivity index (χ0v) is 11.4. The fourth-order valence-corrected chi connectivity index (χ4v) is 3.16. The lowest BCUT2D eigenvalue weighted by atomic mass is 10.00. The molecular weight excluding hydrogens is 288 g/mol. The third kappa shape index (κ3) is 3.30. The van der Waals surface area contributed by atoms with E-state index in [0.717, 1.165) is 28.3 Å². The number of piperidine rings is 1. The van der Waals surface area contributed by atoms with Gasteiger partial charge in [0.25, 0.3) is 5.91 Å². The van der Waals surface area contributed by atoms with Gasteiger partial charge in [0.05, 0.1) is 8.66 Å². The Kier molecular flexibility index (Phi) is 4.37. The van der Waals surface area contributed by atoms with Crippen molar-refractivity contribution in [2.45, 2.75) is 12.8 Å². The smallest absolute Gasteiger partial charge is 0.261 e. The lowest BCUT2D eigenvalue weighted by molar-refractivity contribution is 0.0949. The average Bonchev–Trinajstić information content (AvgIpc) is 2.74. The highest BCUT2D eigenvalue weighted by Crippen LogP contribution is 2.21. The summed E-state index contributed by atoms with van der Waals surface area (Å²) in [6, 6.07) is 3.75. The van der Waals surface area contributed by atoms with Crippen molar-refractivity contribution < 1.29 is 4.79 Å². The third-order valence-electron chi connectivity index (χ3n) is 2.75. The summed E-state index contributed by atoms with van der Waals surface area (Å²) in [5, 5.41) is 6.34. The molecule has 0 bridgehead atoms. The number of carbonyl (C=O) groups is 1. The van der Waals surface area contributed by atoms with Crippen molar-refractivity contribution in [3.05, 3.63) is 20.8 Å². The highest BCUT2D eigenvalue weighted by atomic mass is 79.9. The first-order chi connectivity index (χ1) is 7.75. The zero-order chi connectivity index (χ0) is 11.4. The highest BCUT2D eigenvalue weighted by molar-refractivity contribution is 9.11. The van der Waals surface area contributed by atoms with Crippen molar-refractivity contribution in [1.29, 1.82) is 0 Å². The maximum atomic E-state index is 11.8. The molecule has 1 aromatic heterocycles. The summed E-state index contributed by atoms with van der Waals surface area (Å²) < 4.78 is 0.997. The SMILES string of the molecule is O=C(NCC1CCCNC1)c1ccc(Br)s1. The zero-order valence-electron chi connectivity index (χ0n) is 8.96. The maximum Gasteiger partial charge on any atom is 0.261 e. The second kappa shape index (κ2) is 5.80. The van der Waals surface area contributed by atoms with Crippen LogP contribution >= 0.6 is 27.3 Å². The molecule has 0 spiro atoms. The minimum Gasteiger partial charge on any atom is -0.351 e. The monoisotopic (exact) mass is 302 g/mol. The summed E-state index contributed by atoms with van der Waals surface area (Å²) in [5.74, 6) is 0.627. The van der Waals surface area contributed by atoms with Gasteiger partial charge in [0, 0.05) is 6.54 Å². The van der Waals surface area contributed by atoms with Gasteiger partial charge in [-0.05, 0) is 59.9 Å². The Labute approximate surface area is 108 Å². The lowest BCUT2D eigenvalue weighted by Gasteiger charge is -2.22. The molecule has 0 saturated carbocycles. The van der Waals surface area contributed by atoms with Gasteiger partial charge in [0.2, 0.25) is 0 Å². The standard InChI is InChI=1S/C11H15BrN2OS/c12-10-4-3-9(16-10)11(15)14-7-8-2-1-5-13-6-8/h3-4,8,13H,1-2,5-7H2,(H,14,15). The summed E-state index contributed by atoms with van der Waals surface area (Å²) in [5.41, 5.74) is 0. The predicted molar refractivity (Wildman–Crippen MR) is 69.9 cm³/mol. The molecule has 1 unspecified atom stereocenters. The van der Waals surface area contributed by atoms with Crippen LogP contribution in [0.25, 0.3) is 0 Å². The van der Waals surface area contributed by atoms with E-state index in [9.17, 15) is 4.79 Å². The maximum absolute atomic E-state index is 11.8. The number of carbonyl (C=O) groups excluding carboxylic acids is 1. The molecule has 1 aliphatic heterocycles. The van der Waals surface area contributed by atoms with Crippen molar-refractivity contribution in [3.63, 3.8) is 0 Å². The lowest BCUT2D eigenvalue weighted by Crippen LogP contribution is -2.37. The van der Waals surface area contributed by atoms with Crippen LogP contribution in [0.2, 0.25) is 0 Å². The first-order valence-electron chi connectivity index (χ1n) is 5.50. The Morgan fingerprint density at radius 2 is 2.50 bits per heavy atom. The van der Waals surface area contributed by atoms with E-state index in [1.165, 1.54) is 24.2 Å². The van der Waals surface area contributed by atoms with Crippen LogP contribution in [0.5, 0.6) is 0 Å². The van der Waals surface area contributed by atoms with Crippen molar-refractivity contribution in [2.75, 3.05) is 19.6 Å². The first-order valence-corrected chi connectivity index (χ1v) is 7.11. The molecule has 88 valence electrons. The van der Waals surface area contributed by atoms with E-state index in [1.807, 2.05) is 12.1 Å². The van der Waals surface area contributed by atoms with Gasteiger partial charge in [0.1, 0.15) is 0 Å². The molecule has 1 saturated heterocycles. The molecule has 0 radical (unpaired) electrons. The predicted octanol–water partition coefficient (Wildman–Crippen LogP) is 2.24. The van der Waals surface area contributed by atoms with E-state index in [-0.39, 0.29) is 5.91 Å². The van der Waals surface area contributed by atoms with E-state index >= 15 is 0 Å². The topological polar surface area (TPSA) is 41.1 Å². The minimum atomic E-state index is 0.0428. The normalized spacial score (nSPS) is 20.7. The molecule has 3 nitrogen and oxygen atoms in total. The second-order valence-electron chi connectivity index (χ2n) is 4.03. The number of rotatable bonds is 3. The van der Waals surface area contributed by atoms with Crippen LogP contribution in [-0.2, 0) is 0 Å². The number of thiophene rings is 1. The van der Waals surface area contributed by atoms with Gasteiger partial charge in [-0.2, -0.15) is 0 Å². The second-order valence-corrected chi connectivity index (χ2v) is 6.49. The van der Waals surface area contributed by atoms with Gasteiger partial charge in [0.15, 0.2) is 0 Å². The summed E-state index contributed by atoms with van der Waals surface area (Å²) in [6.45, 7) is 2.91. The quantitative estimate of drug-likeness (QED) is 0.899. The highest BCUT2D eigenvalue weighted by Gasteiger charge is 2.15. The molecule has 0 aromatic carbocycles. The van der Waals surface area contributed by atoms with Gasteiger partial charge in [-0.3, -0.25) is 4.79 Å². The fourth-order valence-electron chi connectivity index (χ4n) is 1.86. The van der Waals surface area contributed by atoms with Crippen molar-refractivity contribution in [2.24, 2.45) is 5.92 Å². The number of halogens is 1. The molecule has 1 aliphatic rings. The van der Waals surface area contributed by atoms with Crippen LogP contribution in [0.1, 0.15) is 22.5 Å². The van der Waals surface area contributed by atoms with Crippen LogP contribution in [0, 0.1) is 5.92 Å². The molecule has 1 amide bonds. The molecule has 0 aliphatic carbocycles. The van der Waals surface area contributed by atoms with Gasteiger partial charge in [-0.1, -0.05) is 0 Å². The number of nitrogens with one attached hydrogen (secondary N) is 2. The first kappa shape index (κ1) is 12.1. The molecular formula is C11H15BrN2OS. The molecule has 1 atom stereocenters.